The van der Waals surface area contributed by atoms with E-state index in [2.05, 4.69) is 50.6 Å². The van der Waals surface area contributed by atoms with Crippen LogP contribution in [0.1, 0.15) is 40.0 Å². The van der Waals surface area contributed by atoms with Gasteiger partial charge < -0.3 is 35.3 Å². The Labute approximate surface area is 357 Å². The number of hydrogen-bond acceptors (Lipinski definition) is 14. The third-order valence-electron chi connectivity index (χ3n) is 10.3. The van der Waals surface area contributed by atoms with Crippen molar-refractivity contribution in [2.45, 2.75) is 38.3 Å². The molecule has 4 heterocycles. The number of Topliss-reactive ketones (excluding diaryl/α,β-unsaturated/α-hetero) is 1. The zero-order valence-corrected chi connectivity index (χ0v) is 34.3. The van der Waals surface area contributed by atoms with Crippen LogP contribution in [0.4, 0.5) is 39.3 Å². The van der Waals surface area contributed by atoms with Crippen LogP contribution in [-0.2, 0) is 33.7 Å². The maximum Gasteiger partial charge on any atom is 0.279 e. The molecule has 0 unspecified atom stereocenters. The number of carbonyl (C=O) groups excluding carboxylic acids is 2. The molecule has 4 N–H and O–H groups in total. The van der Waals surface area contributed by atoms with E-state index in [1.807, 2.05) is 36.4 Å². The summed E-state index contributed by atoms with van der Waals surface area (Å²) < 4.78 is 24.6. The lowest BCUT2D eigenvalue weighted by molar-refractivity contribution is -0.120. The summed E-state index contributed by atoms with van der Waals surface area (Å²) in [5.41, 5.74) is 4.76. The molecular formula is C44H47FN12O5. The number of hydrogen-bond donors (Lipinski definition) is 4. The highest BCUT2D eigenvalue weighted by atomic mass is 19.1. The number of piperazine rings is 1. The minimum Gasteiger partial charge on any atom is -0.382 e. The van der Waals surface area contributed by atoms with Crippen LogP contribution >= 0.6 is 0 Å². The molecule has 3 aromatic carbocycles. The number of benzene rings is 3. The number of nitrogens with one attached hydrogen (secondary N) is 4. The summed E-state index contributed by atoms with van der Waals surface area (Å²) in [5, 5.41) is 9.85. The highest BCUT2D eigenvalue weighted by molar-refractivity contribution is 5.96. The smallest absolute Gasteiger partial charge is 0.279 e. The minimum absolute atomic E-state index is 0.0624. The fourth-order valence-electron chi connectivity index (χ4n) is 7.09. The molecule has 320 valence electrons. The van der Waals surface area contributed by atoms with Gasteiger partial charge in [0.15, 0.2) is 17.2 Å². The standard InChI is InChI=1S/C44H47FN12O5/c1-46-33-12-8-29(9-13-33)24-37(38(58)7-4-20-62-22-21-61-2)52-44-54-42(49-27-35-25-31-10-11-32(45)26-36(31)50-35)53-43(55-44)51-34-6-3-5-30(23-34)28-56-16-18-57(19-17-56)41(60)39-40(59)48-15-14-47-39/h3,5-6,8-15,23,26,37H,4,7,16-22,24-25,27-28H2,2H3,(H,48,59)(H3,49,51,52,53,54,55)/t37-/m0/s1. The molecule has 2 aliphatic heterocycles. The van der Waals surface area contributed by atoms with Gasteiger partial charge in [-0.1, -0.05) is 42.5 Å². The number of H-pyrrole nitrogens is 1. The molecule has 1 amide bonds. The fraction of sp³-hybridized carbons (Fsp3) is 0.341. The number of amides is 1. The maximum atomic E-state index is 13.9. The molecule has 7 rings (SSSR count). The second-order valence-corrected chi connectivity index (χ2v) is 14.8. The molecule has 18 heteroatoms. The average molecular weight is 843 g/mol. The van der Waals surface area contributed by atoms with Gasteiger partial charge in [-0.05, 0) is 53.8 Å². The number of aromatic nitrogens is 5. The molecule has 62 heavy (non-hydrogen) atoms. The van der Waals surface area contributed by atoms with Crippen molar-refractivity contribution < 1.29 is 23.5 Å². The summed E-state index contributed by atoms with van der Waals surface area (Å²) in [5.74, 6) is -0.194. The Balaban J connectivity index is 1.07. The average Bonchev–Trinajstić information content (AvgIpc) is 3.69. The summed E-state index contributed by atoms with van der Waals surface area (Å²) in [7, 11) is 1.60. The summed E-state index contributed by atoms with van der Waals surface area (Å²) in [6.45, 7) is 11.7. The Morgan fingerprint density at radius 2 is 1.76 bits per heavy atom. The Morgan fingerprint density at radius 3 is 2.55 bits per heavy atom. The number of carbonyl (C=O) groups is 2. The van der Waals surface area contributed by atoms with Crippen molar-refractivity contribution in [3.05, 3.63) is 129 Å². The monoisotopic (exact) mass is 842 g/mol. The summed E-state index contributed by atoms with van der Waals surface area (Å²) in [4.78, 5) is 71.4. The van der Waals surface area contributed by atoms with Crippen molar-refractivity contribution in [3.8, 4) is 0 Å². The largest absolute Gasteiger partial charge is 0.382 e. The second-order valence-electron chi connectivity index (χ2n) is 14.8. The molecule has 17 nitrogen and oxygen atoms in total. The van der Waals surface area contributed by atoms with Gasteiger partial charge in [-0.25, -0.2) is 14.2 Å². The van der Waals surface area contributed by atoms with E-state index in [9.17, 15) is 18.8 Å². The molecule has 1 atom stereocenters. The normalized spacial score (nSPS) is 14.1. The van der Waals surface area contributed by atoms with Crippen LogP contribution in [0.15, 0.2) is 88.9 Å². The first kappa shape index (κ1) is 43.2. The van der Waals surface area contributed by atoms with Crippen molar-refractivity contribution in [2.24, 2.45) is 4.99 Å². The van der Waals surface area contributed by atoms with Crippen LogP contribution in [0.2, 0.25) is 0 Å². The van der Waals surface area contributed by atoms with Crippen molar-refractivity contribution >= 4 is 52.3 Å². The van der Waals surface area contributed by atoms with Crippen LogP contribution in [0.3, 0.4) is 0 Å². The molecule has 0 aliphatic carbocycles. The third-order valence-corrected chi connectivity index (χ3v) is 10.3. The molecule has 0 radical (unpaired) electrons. The lowest BCUT2D eigenvalue weighted by Gasteiger charge is -2.34. The number of fused-ring (bicyclic) bond motifs is 1. The first-order valence-electron chi connectivity index (χ1n) is 20.3. The summed E-state index contributed by atoms with van der Waals surface area (Å²) in [6.07, 6.45) is 4.42. The van der Waals surface area contributed by atoms with Gasteiger partial charge in [-0.2, -0.15) is 15.0 Å². The predicted molar refractivity (Wildman–Crippen MR) is 232 cm³/mol. The van der Waals surface area contributed by atoms with E-state index in [1.54, 1.807) is 30.2 Å². The number of ether oxygens (including phenoxy) is 2. The van der Waals surface area contributed by atoms with E-state index < -0.39 is 11.6 Å². The van der Waals surface area contributed by atoms with Crippen LogP contribution in [0.25, 0.3) is 4.85 Å². The topological polar surface area (TPSA) is 196 Å². The summed E-state index contributed by atoms with van der Waals surface area (Å²) >= 11 is 0. The molecule has 0 saturated carbocycles. The van der Waals surface area contributed by atoms with Gasteiger partial charge in [-0.15, -0.1) is 0 Å². The van der Waals surface area contributed by atoms with Crippen molar-refractivity contribution in [3.63, 3.8) is 0 Å². The molecule has 1 saturated heterocycles. The van der Waals surface area contributed by atoms with Gasteiger partial charge in [0.05, 0.1) is 38.1 Å². The Morgan fingerprint density at radius 1 is 0.952 bits per heavy atom. The van der Waals surface area contributed by atoms with Crippen LogP contribution in [-0.4, -0.2) is 118 Å². The highest BCUT2D eigenvalue weighted by Crippen LogP contribution is 2.28. The molecule has 0 bridgehead atoms. The molecule has 1 fully saturated rings. The van der Waals surface area contributed by atoms with Crippen LogP contribution in [0.5, 0.6) is 0 Å². The van der Waals surface area contributed by atoms with E-state index in [0.717, 1.165) is 22.4 Å². The lowest BCUT2D eigenvalue weighted by atomic mass is 9.99. The Hall–Kier alpha value is -6.94. The number of aliphatic imine (C=N–C) groups is 1. The van der Waals surface area contributed by atoms with E-state index >= 15 is 0 Å². The first-order valence-corrected chi connectivity index (χ1v) is 20.3. The molecule has 2 aliphatic rings. The number of aromatic amines is 1. The van der Waals surface area contributed by atoms with Gasteiger partial charge in [0, 0.05) is 83.1 Å². The highest BCUT2D eigenvalue weighted by Gasteiger charge is 2.25. The van der Waals surface area contributed by atoms with Gasteiger partial charge in [0.1, 0.15) is 5.82 Å². The van der Waals surface area contributed by atoms with Crippen molar-refractivity contribution in [1.29, 1.82) is 0 Å². The van der Waals surface area contributed by atoms with E-state index in [-0.39, 0.29) is 54.0 Å². The Bertz CT molecular complexity index is 2480. The van der Waals surface area contributed by atoms with E-state index in [0.29, 0.717) is 88.9 Å². The molecule has 5 aromatic rings. The van der Waals surface area contributed by atoms with Gasteiger partial charge in [0.25, 0.3) is 11.5 Å². The number of methoxy groups -OCH3 is 1. The van der Waals surface area contributed by atoms with Gasteiger partial charge >= 0.3 is 0 Å². The van der Waals surface area contributed by atoms with Gasteiger partial charge in [0.2, 0.25) is 17.8 Å². The zero-order valence-electron chi connectivity index (χ0n) is 34.3. The SMILES string of the molecule is [C-]#[N+]c1ccc(C[C@H](Nc2nc(NCC3=Nc4cc(F)ccc4C3)nc(Nc3cccc(CN4CCN(C(=O)c5ncc[nH]c5=O)CC4)c3)n2)C(=O)CCCOCCOC)cc1. The van der Waals surface area contributed by atoms with Crippen LogP contribution in [0, 0.1) is 12.4 Å². The second kappa shape index (κ2) is 21.0. The third kappa shape index (κ3) is 11.9. The van der Waals surface area contributed by atoms with Crippen molar-refractivity contribution in [1.82, 2.24) is 34.7 Å². The predicted octanol–water partition coefficient (Wildman–Crippen LogP) is 5.12. The fourth-order valence-corrected chi connectivity index (χ4v) is 7.09. The Kier molecular flexibility index (Phi) is 14.6. The van der Waals surface area contributed by atoms with E-state index in [4.69, 9.17) is 21.0 Å². The molecule has 2 aromatic heterocycles. The minimum atomic E-state index is -0.719. The zero-order chi connectivity index (χ0) is 43.3. The summed E-state index contributed by atoms with van der Waals surface area (Å²) in [6, 6.07) is 18.8. The molecular weight excluding hydrogens is 796 g/mol. The lowest BCUT2D eigenvalue weighted by Crippen LogP contribution is -2.49. The number of rotatable bonds is 20. The number of nitrogens with zero attached hydrogens (tertiary/aromatic N) is 8. The quantitative estimate of drug-likeness (QED) is 0.0596. The first-order chi connectivity index (χ1) is 30.2. The number of halogens is 1. The number of ketones is 1. The number of anilines is 4. The van der Waals surface area contributed by atoms with Crippen LogP contribution < -0.4 is 21.5 Å². The molecule has 0 spiro atoms. The maximum absolute atomic E-state index is 13.9. The van der Waals surface area contributed by atoms with Gasteiger partial charge in [-0.3, -0.25) is 24.3 Å². The van der Waals surface area contributed by atoms with E-state index in [1.165, 1.54) is 24.5 Å². The van der Waals surface area contributed by atoms with Crippen molar-refractivity contribution in [2.75, 3.05) is 75.6 Å².